The molecule has 0 aliphatic heterocycles. The van der Waals surface area contributed by atoms with Crippen molar-refractivity contribution in [3.05, 3.63) is 23.6 Å². The van der Waals surface area contributed by atoms with E-state index in [0.717, 1.165) is 12.6 Å². The van der Waals surface area contributed by atoms with E-state index in [0.29, 0.717) is 12.4 Å². The molecule has 0 aliphatic carbocycles. The van der Waals surface area contributed by atoms with Gasteiger partial charge in [0, 0.05) is 19.6 Å². The van der Waals surface area contributed by atoms with Crippen LogP contribution in [0.1, 0.15) is 37.0 Å². The van der Waals surface area contributed by atoms with Crippen molar-refractivity contribution >= 4 is 11.7 Å². The first-order valence-corrected chi connectivity index (χ1v) is 6.54. The molecule has 1 atom stereocenters. The van der Waals surface area contributed by atoms with Crippen molar-refractivity contribution in [1.29, 1.82) is 5.26 Å². The number of halogens is 1. The van der Waals surface area contributed by atoms with Crippen LogP contribution in [0, 0.1) is 17.1 Å². The maximum Gasteiger partial charge on any atom is 0.257 e. The monoisotopic (exact) mass is 278 g/mol. The SMILES string of the molecule is CCCNc1ncc(F)cc1C(=O)N(C)C(C)CC#N. The van der Waals surface area contributed by atoms with Crippen molar-refractivity contribution in [2.75, 3.05) is 18.9 Å². The molecule has 20 heavy (non-hydrogen) atoms. The lowest BCUT2D eigenvalue weighted by Crippen LogP contribution is -2.35. The maximum atomic E-state index is 13.3. The van der Waals surface area contributed by atoms with E-state index in [1.165, 1.54) is 11.0 Å². The molecule has 0 radical (unpaired) electrons. The van der Waals surface area contributed by atoms with Gasteiger partial charge >= 0.3 is 0 Å². The van der Waals surface area contributed by atoms with E-state index in [-0.39, 0.29) is 23.9 Å². The number of nitriles is 1. The molecular weight excluding hydrogens is 259 g/mol. The Morgan fingerprint density at radius 3 is 2.95 bits per heavy atom. The highest BCUT2D eigenvalue weighted by molar-refractivity contribution is 5.98. The standard InChI is InChI=1S/C14H19FN4O/c1-4-7-17-13-12(8-11(15)9-18-13)14(20)19(3)10(2)5-6-16/h8-10H,4-5,7H2,1-3H3,(H,17,18). The summed E-state index contributed by atoms with van der Waals surface area (Å²) >= 11 is 0. The second kappa shape index (κ2) is 7.43. The number of carbonyl (C=O) groups is 1. The minimum Gasteiger partial charge on any atom is -0.369 e. The van der Waals surface area contributed by atoms with Crippen molar-refractivity contribution < 1.29 is 9.18 Å². The fourth-order valence-corrected chi connectivity index (χ4v) is 1.65. The van der Waals surface area contributed by atoms with Crippen molar-refractivity contribution in [3.8, 4) is 6.07 Å². The second-order valence-electron chi connectivity index (χ2n) is 4.60. The van der Waals surface area contributed by atoms with Gasteiger partial charge in [-0.2, -0.15) is 5.26 Å². The number of pyridine rings is 1. The number of nitrogens with zero attached hydrogens (tertiary/aromatic N) is 3. The van der Waals surface area contributed by atoms with Crippen LogP contribution in [0.4, 0.5) is 10.2 Å². The predicted octanol–water partition coefficient (Wildman–Crippen LogP) is 2.42. The van der Waals surface area contributed by atoms with Gasteiger partial charge in [0.2, 0.25) is 0 Å². The summed E-state index contributed by atoms with van der Waals surface area (Å²) in [4.78, 5) is 17.7. The fourth-order valence-electron chi connectivity index (χ4n) is 1.65. The van der Waals surface area contributed by atoms with Gasteiger partial charge in [0.15, 0.2) is 0 Å². The van der Waals surface area contributed by atoms with E-state index in [1.54, 1.807) is 14.0 Å². The number of hydrogen-bond donors (Lipinski definition) is 1. The third kappa shape index (κ3) is 3.92. The Bertz CT molecular complexity index is 512. The van der Waals surface area contributed by atoms with E-state index in [4.69, 9.17) is 5.26 Å². The number of rotatable bonds is 6. The Morgan fingerprint density at radius 2 is 2.35 bits per heavy atom. The molecule has 1 aromatic rings. The van der Waals surface area contributed by atoms with Crippen LogP contribution in [0.3, 0.4) is 0 Å². The molecule has 1 heterocycles. The fraction of sp³-hybridized carbons (Fsp3) is 0.500. The van der Waals surface area contributed by atoms with Crippen molar-refractivity contribution in [1.82, 2.24) is 9.88 Å². The van der Waals surface area contributed by atoms with Crippen LogP contribution < -0.4 is 5.32 Å². The molecule has 0 fully saturated rings. The van der Waals surface area contributed by atoms with Gasteiger partial charge < -0.3 is 10.2 Å². The van der Waals surface area contributed by atoms with Gasteiger partial charge in [-0.1, -0.05) is 6.92 Å². The molecular formula is C14H19FN4O. The molecule has 0 aliphatic rings. The van der Waals surface area contributed by atoms with Crippen LogP contribution in [0.25, 0.3) is 0 Å². The molecule has 0 aromatic carbocycles. The molecule has 0 saturated carbocycles. The zero-order valence-corrected chi connectivity index (χ0v) is 12.0. The highest BCUT2D eigenvalue weighted by Crippen LogP contribution is 2.17. The third-order valence-corrected chi connectivity index (χ3v) is 3.00. The van der Waals surface area contributed by atoms with Crippen LogP contribution in [-0.4, -0.2) is 35.4 Å². The summed E-state index contributed by atoms with van der Waals surface area (Å²) in [6, 6.07) is 2.94. The molecule has 1 N–H and O–H groups in total. The summed E-state index contributed by atoms with van der Waals surface area (Å²) in [6.07, 6.45) is 2.17. The minimum absolute atomic E-state index is 0.186. The lowest BCUT2D eigenvalue weighted by atomic mass is 10.1. The topological polar surface area (TPSA) is 69.0 Å². The summed E-state index contributed by atoms with van der Waals surface area (Å²) in [5.41, 5.74) is 0.186. The average Bonchev–Trinajstić information content (AvgIpc) is 2.44. The Labute approximate surface area is 118 Å². The first-order valence-electron chi connectivity index (χ1n) is 6.54. The lowest BCUT2D eigenvalue weighted by Gasteiger charge is -2.24. The van der Waals surface area contributed by atoms with Gasteiger partial charge in [-0.25, -0.2) is 9.37 Å². The third-order valence-electron chi connectivity index (χ3n) is 3.00. The van der Waals surface area contributed by atoms with Gasteiger partial charge in [-0.05, 0) is 19.4 Å². The van der Waals surface area contributed by atoms with Crippen LogP contribution in [0.2, 0.25) is 0 Å². The maximum absolute atomic E-state index is 13.3. The van der Waals surface area contributed by atoms with Crippen LogP contribution in [0.15, 0.2) is 12.3 Å². The van der Waals surface area contributed by atoms with E-state index in [1.807, 2.05) is 13.0 Å². The first-order chi connectivity index (χ1) is 9.51. The first kappa shape index (κ1) is 15.9. The molecule has 108 valence electrons. The van der Waals surface area contributed by atoms with Gasteiger partial charge in [0.05, 0.1) is 24.3 Å². The highest BCUT2D eigenvalue weighted by Gasteiger charge is 2.21. The number of aromatic nitrogens is 1. The van der Waals surface area contributed by atoms with Crippen molar-refractivity contribution in [3.63, 3.8) is 0 Å². The molecule has 1 unspecified atom stereocenters. The van der Waals surface area contributed by atoms with Crippen LogP contribution in [0.5, 0.6) is 0 Å². The largest absolute Gasteiger partial charge is 0.369 e. The van der Waals surface area contributed by atoms with E-state index < -0.39 is 5.82 Å². The Kier molecular flexibility index (Phi) is 5.91. The molecule has 5 nitrogen and oxygen atoms in total. The van der Waals surface area contributed by atoms with Gasteiger partial charge in [0.1, 0.15) is 11.6 Å². The number of carbonyl (C=O) groups excluding carboxylic acids is 1. The summed E-state index contributed by atoms with van der Waals surface area (Å²) in [6.45, 7) is 4.41. The second-order valence-corrected chi connectivity index (χ2v) is 4.60. The zero-order valence-electron chi connectivity index (χ0n) is 12.0. The van der Waals surface area contributed by atoms with Gasteiger partial charge in [-0.15, -0.1) is 0 Å². The summed E-state index contributed by atoms with van der Waals surface area (Å²) in [7, 11) is 1.60. The Balaban J connectivity index is 3.01. The molecule has 1 amide bonds. The Morgan fingerprint density at radius 1 is 1.65 bits per heavy atom. The quantitative estimate of drug-likeness (QED) is 0.867. The molecule has 6 heteroatoms. The normalized spacial score (nSPS) is 11.6. The average molecular weight is 278 g/mol. The van der Waals surface area contributed by atoms with E-state index in [2.05, 4.69) is 10.3 Å². The lowest BCUT2D eigenvalue weighted by molar-refractivity contribution is 0.0746. The highest BCUT2D eigenvalue weighted by atomic mass is 19.1. The molecule has 1 aromatic heterocycles. The summed E-state index contributed by atoms with van der Waals surface area (Å²) < 4.78 is 13.3. The molecule has 1 rings (SSSR count). The van der Waals surface area contributed by atoms with Crippen molar-refractivity contribution in [2.45, 2.75) is 32.7 Å². The summed E-state index contributed by atoms with van der Waals surface area (Å²) in [5, 5.41) is 11.7. The summed E-state index contributed by atoms with van der Waals surface area (Å²) in [5.74, 6) is -0.538. The predicted molar refractivity (Wildman–Crippen MR) is 74.8 cm³/mol. The smallest absolute Gasteiger partial charge is 0.257 e. The van der Waals surface area contributed by atoms with E-state index >= 15 is 0 Å². The van der Waals surface area contributed by atoms with Gasteiger partial charge in [-0.3, -0.25) is 4.79 Å². The number of amides is 1. The Hall–Kier alpha value is -2.16. The minimum atomic E-state index is -0.559. The number of hydrogen-bond acceptors (Lipinski definition) is 4. The number of anilines is 1. The van der Waals surface area contributed by atoms with Crippen LogP contribution in [-0.2, 0) is 0 Å². The van der Waals surface area contributed by atoms with Gasteiger partial charge in [0.25, 0.3) is 5.91 Å². The zero-order chi connectivity index (χ0) is 15.1. The molecule has 0 bridgehead atoms. The molecule has 0 spiro atoms. The molecule has 0 saturated heterocycles. The van der Waals surface area contributed by atoms with Crippen molar-refractivity contribution in [2.24, 2.45) is 0 Å². The van der Waals surface area contributed by atoms with E-state index in [9.17, 15) is 9.18 Å². The number of nitrogens with one attached hydrogen (secondary N) is 1. The van der Waals surface area contributed by atoms with Crippen LogP contribution >= 0.6 is 0 Å².